The Morgan fingerprint density at radius 3 is 2.43 bits per heavy atom. The summed E-state index contributed by atoms with van der Waals surface area (Å²) < 4.78 is 0. The van der Waals surface area contributed by atoms with Crippen LogP contribution in [0.1, 0.15) is 44.7 Å². The monoisotopic (exact) mass is 316 g/mol. The van der Waals surface area contributed by atoms with Crippen LogP contribution in [0.4, 0.5) is 0 Å². The summed E-state index contributed by atoms with van der Waals surface area (Å²) in [5.41, 5.74) is 2.54. The van der Waals surface area contributed by atoms with Gasteiger partial charge in [-0.1, -0.05) is 29.8 Å². The molecular formula is C19H32N4. The van der Waals surface area contributed by atoms with E-state index < -0.39 is 0 Å². The molecule has 1 fully saturated rings. The van der Waals surface area contributed by atoms with Crippen molar-refractivity contribution in [2.24, 2.45) is 4.99 Å². The standard InChI is InChI=1S/C19H32N4/c1-5-20-19(21-14-17-8-6-16(4)7-9-17)22-18-10-12-23(13-11-18)15(2)3/h6-9,15,18H,5,10-14H2,1-4H3,(H2,20,21,22). The molecule has 1 saturated heterocycles. The molecule has 0 aliphatic carbocycles. The minimum Gasteiger partial charge on any atom is -0.357 e. The van der Waals surface area contributed by atoms with Crippen LogP contribution < -0.4 is 10.6 Å². The number of aryl methyl sites for hydroxylation is 1. The molecule has 4 nitrogen and oxygen atoms in total. The van der Waals surface area contributed by atoms with Gasteiger partial charge in [0.05, 0.1) is 6.54 Å². The molecule has 1 aromatic rings. The second-order valence-corrected chi connectivity index (χ2v) is 6.73. The smallest absolute Gasteiger partial charge is 0.191 e. The van der Waals surface area contributed by atoms with E-state index in [2.05, 4.69) is 67.5 Å². The van der Waals surface area contributed by atoms with E-state index in [0.29, 0.717) is 12.1 Å². The van der Waals surface area contributed by atoms with Crippen molar-refractivity contribution >= 4 is 5.96 Å². The van der Waals surface area contributed by atoms with Gasteiger partial charge in [-0.15, -0.1) is 0 Å². The number of rotatable bonds is 5. The second kappa shape index (κ2) is 8.92. The molecule has 2 rings (SSSR count). The third kappa shape index (κ3) is 5.87. The van der Waals surface area contributed by atoms with E-state index in [1.54, 1.807) is 0 Å². The zero-order valence-electron chi connectivity index (χ0n) is 15.1. The van der Waals surface area contributed by atoms with E-state index in [1.807, 2.05) is 0 Å². The highest BCUT2D eigenvalue weighted by atomic mass is 15.2. The Bertz CT molecular complexity index is 485. The maximum Gasteiger partial charge on any atom is 0.191 e. The molecule has 1 heterocycles. The van der Waals surface area contributed by atoms with Crippen molar-refractivity contribution in [2.75, 3.05) is 19.6 Å². The van der Waals surface area contributed by atoms with E-state index >= 15 is 0 Å². The summed E-state index contributed by atoms with van der Waals surface area (Å²) in [6, 6.07) is 9.78. The van der Waals surface area contributed by atoms with Crippen LogP contribution in [0.5, 0.6) is 0 Å². The maximum atomic E-state index is 4.74. The molecule has 1 aromatic carbocycles. The van der Waals surface area contributed by atoms with Crippen molar-refractivity contribution in [3.63, 3.8) is 0 Å². The topological polar surface area (TPSA) is 39.7 Å². The molecule has 0 bridgehead atoms. The number of aliphatic imine (C=N–C) groups is 1. The Balaban J connectivity index is 1.88. The molecule has 0 atom stereocenters. The maximum absolute atomic E-state index is 4.74. The fraction of sp³-hybridized carbons (Fsp3) is 0.632. The molecule has 128 valence electrons. The van der Waals surface area contributed by atoms with Crippen LogP contribution in [0.3, 0.4) is 0 Å². The summed E-state index contributed by atoms with van der Waals surface area (Å²) in [4.78, 5) is 7.29. The van der Waals surface area contributed by atoms with Crippen LogP contribution in [-0.4, -0.2) is 42.6 Å². The van der Waals surface area contributed by atoms with Crippen molar-refractivity contribution in [2.45, 2.75) is 59.2 Å². The van der Waals surface area contributed by atoms with Gasteiger partial charge in [-0.2, -0.15) is 0 Å². The van der Waals surface area contributed by atoms with E-state index in [0.717, 1.165) is 19.0 Å². The molecule has 0 amide bonds. The number of nitrogens with zero attached hydrogens (tertiary/aromatic N) is 2. The Hall–Kier alpha value is -1.55. The lowest BCUT2D eigenvalue weighted by atomic mass is 10.0. The zero-order chi connectivity index (χ0) is 16.7. The van der Waals surface area contributed by atoms with E-state index in [-0.39, 0.29) is 0 Å². The van der Waals surface area contributed by atoms with Crippen LogP contribution >= 0.6 is 0 Å². The Morgan fingerprint density at radius 1 is 1.22 bits per heavy atom. The number of likely N-dealkylation sites (tertiary alicyclic amines) is 1. The van der Waals surface area contributed by atoms with Gasteiger partial charge >= 0.3 is 0 Å². The summed E-state index contributed by atoms with van der Waals surface area (Å²) in [7, 11) is 0. The first kappa shape index (κ1) is 17.8. The van der Waals surface area contributed by atoms with Gasteiger partial charge in [0.1, 0.15) is 0 Å². The van der Waals surface area contributed by atoms with Crippen molar-refractivity contribution in [3.05, 3.63) is 35.4 Å². The van der Waals surface area contributed by atoms with Crippen molar-refractivity contribution in [1.29, 1.82) is 0 Å². The van der Waals surface area contributed by atoms with Gasteiger partial charge in [0.15, 0.2) is 5.96 Å². The van der Waals surface area contributed by atoms with E-state index in [4.69, 9.17) is 4.99 Å². The summed E-state index contributed by atoms with van der Waals surface area (Å²) in [6.45, 7) is 12.7. The SMILES string of the molecule is CCNC(=NCc1ccc(C)cc1)NC1CCN(C(C)C)CC1. The molecule has 4 heteroatoms. The summed E-state index contributed by atoms with van der Waals surface area (Å²) in [6.07, 6.45) is 2.38. The number of nitrogens with one attached hydrogen (secondary N) is 2. The fourth-order valence-electron chi connectivity index (χ4n) is 2.94. The van der Waals surface area contributed by atoms with Crippen LogP contribution in [0.25, 0.3) is 0 Å². The number of benzene rings is 1. The van der Waals surface area contributed by atoms with Gasteiger partial charge in [0.2, 0.25) is 0 Å². The number of hydrogen-bond donors (Lipinski definition) is 2. The molecule has 1 aliphatic rings. The van der Waals surface area contributed by atoms with Crippen molar-refractivity contribution in [1.82, 2.24) is 15.5 Å². The molecule has 0 spiro atoms. The van der Waals surface area contributed by atoms with Gasteiger partial charge < -0.3 is 15.5 Å². The Morgan fingerprint density at radius 2 is 1.87 bits per heavy atom. The normalized spacial score (nSPS) is 17.5. The van der Waals surface area contributed by atoms with Gasteiger partial charge in [0.25, 0.3) is 0 Å². The minimum atomic E-state index is 0.529. The van der Waals surface area contributed by atoms with Crippen LogP contribution in [0, 0.1) is 6.92 Å². The lowest BCUT2D eigenvalue weighted by Crippen LogP contribution is -2.49. The number of piperidine rings is 1. The molecule has 0 unspecified atom stereocenters. The van der Waals surface area contributed by atoms with E-state index in [1.165, 1.54) is 37.1 Å². The van der Waals surface area contributed by atoms with Crippen molar-refractivity contribution < 1.29 is 0 Å². The first-order valence-electron chi connectivity index (χ1n) is 8.93. The third-order valence-corrected chi connectivity index (χ3v) is 4.49. The molecular weight excluding hydrogens is 284 g/mol. The lowest BCUT2D eigenvalue weighted by Gasteiger charge is -2.35. The summed E-state index contributed by atoms with van der Waals surface area (Å²) in [5, 5.41) is 6.98. The fourth-order valence-corrected chi connectivity index (χ4v) is 2.94. The second-order valence-electron chi connectivity index (χ2n) is 6.73. The highest BCUT2D eigenvalue weighted by Crippen LogP contribution is 2.13. The summed E-state index contributed by atoms with van der Waals surface area (Å²) in [5.74, 6) is 0.941. The first-order valence-corrected chi connectivity index (χ1v) is 8.93. The molecule has 23 heavy (non-hydrogen) atoms. The Labute approximate surface area is 141 Å². The quantitative estimate of drug-likeness (QED) is 0.648. The van der Waals surface area contributed by atoms with Crippen LogP contribution in [-0.2, 0) is 6.54 Å². The zero-order valence-corrected chi connectivity index (χ0v) is 15.1. The molecule has 0 aromatic heterocycles. The third-order valence-electron chi connectivity index (χ3n) is 4.49. The highest BCUT2D eigenvalue weighted by Gasteiger charge is 2.21. The predicted molar refractivity (Wildman–Crippen MR) is 98.9 cm³/mol. The van der Waals surface area contributed by atoms with Gasteiger partial charge in [-0.05, 0) is 46.1 Å². The molecule has 2 N–H and O–H groups in total. The average Bonchev–Trinajstić information content (AvgIpc) is 2.55. The predicted octanol–water partition coefficient (Wildman–Crippen LogP) is 2.92. The molecule has 1 aliphatic heterocycles. The molecule has 0 saturated carbocycles. The largest absolute Gasteiger partial charge is 0.357 e. The van der Waals surface area contributed by atoms with Crippen LogP contribution in [0.2, 0.25) is 0 Å². The lowest BCUT2D eigenvalue weighted by molar-refractivity contribution is 0.167. The van der Waals surface area contributed by atoms with Crippen LogP contribution in [0.15, 0.2) is 29.3 Å². The Kier molecular flexibility index (Phi) is 6.90. The first-order chi connectivity index (χ1) is 11.1. The van der Waals surface area contributed by atoms with Crippen molar-refractivity contribution in [3.8, 4) is 0 Å². The van der Waals surface area contributed by atoms with Gasteiger partial charge in [-0.3, -0.25) is 0 Å². The highest BCUT2D eigenvalue weighted by molar-refractivity contribution is 5.80. The van der Waals surface area contributed by atoms with Gasteiger partial charge in [-0.25, -0.2) is 4.99 Å². The molecule has 0 radical (unpaired) electrons. The number of guanidine groups is 1. The minimum absolute atomic E-state index is 0.529. The van der Waals surface area contributed by atoms with E-state index in [9.17, 15) is 0 Å². The number of hydrogen-bond acceptors (Lipinski definition) is 2. The average molecular weight is 316 g/mol. The summed E-state index contributed by atoms with van der Waals surface area (Å²) >= 11 is 0. The van der Waals surface area contributed by atoms with Gasteiger partial charge in [0, 0.05) is 31.7 Å².